The number of nitrogens with one attached hydrogen (secondary N) is 1. The van der Waals surface area contributed by atoms with E-state index < -0.39 is 10.8 Å². The molecule has 0 fully saturated rings. The fraction of sp³-hybridized carbons (Fsp3) is 0.350. The van der Waals surface area contributed by atoms with Crippen molar-refractivity contribution in [1.29, 1.82) is 0 Å². The Balaban J connectivity index is 1.82. The molecule has 0 radical (unpaired) electrons. The van der Waals surface area contributed by atoms with Gasteiger partial charge in [0.2, 0.25) is 5.91 Å². The molecule has 2 aromatic carbocycles. The summed E-state index contributed by atoms with van der Waals surface area (Å²) >= 11 is 0. The van der Waals surface area contributed by atoms with E-state index in [1.54, 1.807) is 6.26 Å². The highest BCUT2D eigenvalue weighted by Crippen LogP contribution is 2.33. The Morgan fingerprint density at radius 2 is 2.00 bits per heavy atom. The highest BCUT2D eigenvalue weighted by atomic mass is 32.2. The molecule has 1 N–H and O–H groups in total. The summed E-state index contributed by atoms with van der Waals surface area (Å²) in [6.45, 7) is 1.98. The molecule has 1 amide bonds. The van der Waals surface area contributed by atoms with Crippen LogP contribution >= 0.6 is 0 Å². The van der Waals surface area contributed by atoms with Crippen molar-refractivity contribution in [2.24, 2.45) is 0 Å². The lowest BCUT2D eigenvalue weighted by Crippen LogP contribution is -2.25. The summed E-state index contributed by atoms with van der Waals surface area (Å²) in [6.07, 6.45) is 4.68. The molecule has 2 unspecified atom stereocenters. The van der Waals surface area contributed by atoms with Crippen molar-refractivity contribution in [3.05, 3.63) is 64.7 Å². The van der Waals surface area contributed by atoms with E-state index in [1.807, 2.05) is 37.3 Å². The Kier molecular flexibility index (Phi) is 5.14. The van der Waals surface area contributed by atoms with E-state index in [9.17, 15) is 9.00 Å². The summed E-state index contributed by atoms with van der Waals surface area (Å²) in [5.41, 5.74) is 5.30. The van der Waals surface area contributed by atoms with E-state index in [4.69, 9.17) is 0 Å². The Morgan fingerprint density at radius 3 is 2.79 bits per heavy atom. The molecule has 2 aromatic rings. The number of hydrogen-bond acceptors (Lipinski definition) is 2. The number of aryl methyl sites for hydroxylation is 1. The number of amides is 1. The Hall–Kier alpha value is -1.94. The zero-order chi connectivity index (χ0) is 17.1. The lowest BCUT2D eigenvalue weighted by atomic mass is 9.82. The second-order valence-electron chi connectivity index (χ2n) is 6.44. The van der Waals surface area contributed by atoms with E-state index in [0.29, 0.717) is 5.75 Å². The molecule has 0 bridgehead atoms. The standard InChI is InChI=1S/C20H23NO2S/c1-14-16(13-24(2)23)9-6-12-19(14)21-20(22)18-11-5-8-15-7-3-4-10-17(15)18/h3-4,6-7,9-10,12,18H,5,8,11,13H2,1-2H3,(H,21,22). The second-order valence-corrected chi connectivity index (χ2v) is 7.88. The van der Waals surface area contributed by atoms with Gasteiger partial charge in [0.1, 0.15) is 0 Å². The van der Waals surface area contributed by atoms with Crippen LogP contribution in [0.1, 0.15) is 41.0 Å². The molecule has 24 heavy (non-hydrogen) atoms. The third kappa shape index (κ3) is 3.59. The van der Waals surface area contributed by atoms with Crippen LogP contribution in [0.5, 0.6) is 0 Å². The Labute approximate surface area is 145 Å². The smallest absolute Gasteiger partial charge is 0.231 e. The van der Waals surface area contributed by atoms with E-state index >= 15 is 0 Å². The molecule has 126 valence electrons. The lowest BCUT2D eigenvalue weighted by Gasteiger charge is -2.25. The van der Waals surface area contributed by atoms with Gasteiger partial charge in [0.15, 0.2) is 0 Å². The molecule has 1 aliphatic rings. The zero-order valence-corrected chi connectivity index (χ0v) is 15.0. The highest BCUT2D eigenvalue weighted by molar-refractivity contribution is 7.83. The molecule has 0 saturated carbocycles. The Bertz CT molecular complexity index is 785. The first-order chi connectivity index (χ1) is 11.6. The predicted molar refractivity (Wildman–Crippen MR) is 99.7 cm³/mol. The van der Waals surface area contributed by atoms with Crippen molar-refractivity contribution < 1.29 is 9.00 Å². The van der Waals surface area contributed by atoms with Crippen LogP contribution in [0.3, 0.4) is 0 Å². The summed E-state index contributed by atoms with van der Waals surface area (Å²) in [5, 5.41) is 3.10. The third-order valence-electron chi connectivity index (χ3n) is 4.75. The van der Waals surface area contributed by atoms with Crippen LogP contribution in [0.2, 0.25) is 0 Å². The maximum absolute atomic E-state index is 12.8. The largest absolute Gasteiger partial charge is 0.325 e. The van der Waals surface area contributed by atoms with Crippen molar-refractivity contribution >= 4 is 22.4 Å². The normalized spacial score (nSPS) is 17.8. The van der Waals surface area contributed by atoms with E-state index in [-0.39, 0.29) is 11.8 Å². The van der Waals surface area contributed by atoms with Gasteiger partial charge in [0.05, 0.1) is 5.92 Å². The SMILES string of the molecule is Cc1c(CS(C)=O)cccc1NC(=O)C1CCCc2ccccc21. The molecule has 3 nitrogen and oxygen atoms in total. The topological polar surface area (TPSA) is 46.2 Å². The molecule has 3 rings (SSSR count). The highest BCUT2D eigenvalue weighted by Gasteiger charge is 2.26. The average Bonchev–Trinajstić information content (AvgIpc) is 2.57. The fourth-order valence-corrected chi connectivity index (χ4v) is 4.19. The van der Waals surface area contributed by atoms with Gasteiger partial charge in [-0.2, -0.15) is 0 Å². The van der Waals surface area contributed by atoms with Crippen LogP contribution in [0.25, 0.3) is 0 Å². The van der Waals surface area contributed by atoms with Gasteiger partial charge in [-0.1, -0.05) is 36.4 Å². The van der Waals surface area contributed by atoms with Gasteiger partial charge in [-0.05, 0) is 54.5 Å². The van der Waals surface area contributed by atoms with Crippen LogP contribution in [0.4, 0.5) is 5.69 Å². The minimum atomic E-state index is -0.895. The van der Waals surface area contributed by atoms with Gasteiger partial charge in [-0.25, -0.2) is 0 Å². The van der Waals surface area contributed by atoms with Gasteiger partial charge in [-0.3, -0.25) is 9.00 Å². The Morgan fingerprint density at radius 1 is 1.21 bits per heavy atom. The van der Waals surface area contributed by atoms with E-state index in [0.717, 1.165) is 41.6 Å². The van der Waals surface area contributed by atoms with Gasteiger partial charge >= 0.3 is 0 Å². The number of carbonyl (C=O) groups excluding carboxylic acids is 1. The van der Waals surface area contributed by atoms with Crippen molar-refractivity contribution in [1.82, 2.24) is 0 Å². The molecule has 0 heterocycles. The number of anilines is 1. The molecule has 0 spiro atoms. The van der Waals surface area contributed by atoms with Gasteiger partial charge in [-0.15, -0.1) is 0 Å². The molecule has 0 aliphatic heterocycles. The first-order valence-corrected chi connectivity index (χ1v) is 10.1. The summed E-state index contributed by atoms with van der Waals surface area (Å²) in [5.74, 6) is 0.486. The molecular formula is C20H23NO2S. The lowest BCUT2D eigenvalue weighted by molar-refractivity contribution is -0.117. The molecule has 2 atom stereocenters. The van der Waals surface area contributed by atoms with E-state index in [2.05, 4.69) is 17.4 Å². The molecule has 1 aliphatic carbocycles. The molecule has 0 aromatic heterocycles. The third-order valence-corrected chi connectivity index (χ3v) is 5.47. The maximum Gasteiger partial charge on any atom is 0.231 e. The first kappa shape index (κ1) is 16.9. The quantitative estimate of drug-likeness (QED) is 0.916. The predicted octanol–water partition coefficient (Wildman–Crippen LogP) is 3.93. The fourth-order valence-electron chi connectivity index (χ4n) is 3.44. The summed E-state index contributed by atoms with van der Waals surface area (Å²) < 4.78 is 11.5. The summed E-state index contributed by atoms with van der Waals surface area (Å²) in [7, 11) is -0.895. The molecule has 0 saturated heterocycles. The van der Waals surface area contributed by atoms with Crippen molar-refractivity contribution in [3.63, 3.8) is 0 Å². The first-order valence-electron chi connectivity index (χ1n) is 8.33. The summed E-state index contributed by atoms with van der Waals surface area (Å²) in [4.78, 5) is 12.8. The monoisotopic (exact) mass is 341 g/mol. The van der Waals surface area contributed by atoms with Crippen molar-refractivity contribution in [2.75, 3.05) is 11.6 Å². The zero-order valence-electron chi connectivity index (χ0n) is 14.2. The number of carbonyl (C=O) groups is 1. The number of fused-ring (bicyclic) bond motifs is 1. The van der Waals surface area contributed by atoms with Gasteiger partial charge in [0, 0.05) is 28.5 Å². The average molecular weight is 341 g/mol. The van der Waals surface area contributed by atoms with Gasteiger partial charge < -0.3 is 5.32 Å². The van der Waals surface area contributed by atoms with Crippen LogP contribution < -0.4 is 5.32 Å². The van der Waals surface area contributed by atoms with Crippen LogP contribution in [-0.4, -0.2) is 16.4 Å². The second kappa shape index (κ2) is 7.31. The minimum Gasteiger partial charge on any atom is -0.325 e. The van der Waals surface area contributed by atoms with Crippen LogP contribution in [0, 0.1) is 6.92 Å². The van der Waals surface area contributed by atoms with Crippen molar-refractivity contribution in [3.8, 4) is 0 Å². The number of benzene rings is 2. The number of rotatable bonds is 4. The maximum atomic E-state index is 12.8. The number of hydrogen-bond donors (Lipinski definition) is 1. The van der Waals surface area contributed by atoms with Crippen LogP contribution in [0.15, 0.2) is 42.5 Å². The minimum absolute atomic E-state index is 0.0556. The van der Waals surface area contributed by atoms with E-state index in [1.165, 1.54) is 5.56 Å². The van der Waals surface area contributed by atoms with Gasteiger partial charge in [0.25, 0.3) is 0 Å². The van der Waals surface area contributed by atoms with Crippen molar-refractivity contribution in [2.45, 2.75) is 37.9 Å². The molecular weight excluding hydrogens is 318 g/mol. The molecule has 4 heteroatoms. The van der Waals surface area contributed by atoms with Crippen LogP contribution in [-0.2, 0) is 27.8 Å². The summed E-state index contributed by atoms with van der Waals surface area (Å²) in [6, 6.07) is 14.1.